The van der Waals surface area contributed by atoms with E-state index < -0.39 is 12.1 Å². The first-order valence-electron chi connectivity index (χ1n) is 7.40. The molecule has 0 spiro atoms. The van der Waals surface area contributed by atoms with Gasteiger partial charge in [0.05, 0.1) is 26.4 Å². The minimum absolute atomic E-state index is 0.0129. The molecule has 7 nitrogen and oxygen atoms in total. The number of amides is 1. The van der Waals surface area contributed by atoms with Crippen LogP contribution in [0, 0.1) is 0 Å². The summed E-state index contributed by atoms with van der Waals surface area (Å²) < 4.78 is 16.0. The van der Waals surface area contributed by atoms with E-state index in [0.29, 0.717) is 23.6 Å². The monoisotopic (exact) mass is 323 g/mol. The Morgan fingerprint density at radius 1 is 1.35 bits per heavy atom. The molecule has 1 aliphatic heterocycles. The fraction of sp³-hybridized carbons (Fsp3) is 0.500. The number of morpholine rings is 1. The molecule has 0 bridgehead atoms. The molecule has 1 aliphatic rings. The first kappa shape index (κ1) is 17.1. The van der Waals surface area contributed by atoms with Gasteiger partial charge in [-0.2, -0.15) is 0 Å². The Bertz CT molecular complexity index is 586. The van der Waals surface area contributed by atoms with Crippen LogP contribution in [0.3, 0.4) is 0 Å². The van der Waals surface area contributed by atoms with E-state index >= 15 is 0 Å². The Labute approximate surface area is 134 Å². The molecule has 1 aromatic carbocycles. The second kappa shape index (κ2) is 7.32. The van der Waals surface area contributed by atoms with E-state index in [1.54, 1.807) is 18.2 Å². The largest absolute Gasteiger partial charge is 0.493 e. The lowest BCUT2D eigenvalue weighted by atomic mass is 10.1. The topological polar surface area (TPSA) is 85.3 Å². The number of carbonyl (C=O) groups excluding carboxylic acids is 1. The quantitative estimate of drug-likeness (QED) is 0.882. The summed E-state index contributed by atoms with van der Waals surface area (Å²) in [6.45, 7) is 4.39. The van der Waals surface area contributed by atoms with Crippen molar-refractivity contribution in [1.82, 2.24) is 4.90 Å². The normalized spacial score (nSPS) is 17.9. The number of benzene rings is 1. The van der Waals surface area contributed by atoms with Gasteiger partial charge in [0.1, 0.15) is 0 Å². The molecule has 0 aliphatic carbocycles. The molecule has 1 atom stereocenters. The maximum atomic E-state index is 12.6. The van der Waals surface area contributed by atoms with Crippen LogP contribution in [-0.2, 0) is 9.53 Å². The summed E-state index contributed by atoms with van der Waals surface area (Å²) in [6, 6.07) is 4.93. The van der Waals surface area contributed by atoms with Crippen LogP contribution in [0.25, 0.3) is 0 Å². The summed E-state index contributed by atoms with van der Waals surface area (Å²) >= 11 is 0. The minimum atomic E-state index is -1.07. The van der Waals surface area contributed by atoms with Crippen LogP contribution in [0.5, 0.6) is 11.5 Å². The Kier molecular flexibility index (Phi) is 5.44. The van der Waals surface area contributed by atoms with Gasteiger partial charge in [-0.3, -0.25) is 4.79 Å². The van der Waals surface area contributed by atoms with Gasteiger partial charge in [0.25, 0.3) is 5.91 Å². The molecule has 1 amide bonds. The Hall–Kier alpha value is -2.28. The number of ether oxygens (including phenoxy) is 3. The average molecular weight is 323 g/mol. The molecular formula is C16H21NO6. The van der Waals surface area contributed by atoms with E-state index in [2.05, 4.69) is 0 Å². The van der Waals surface area contributed by atoms with E-state index in [1.165, 1.54) is 12.0 Å². The first-order chi connectivity index (χ1) is 10.9. The molecule has 0 saturated carbocycles. The van der Waals surface area contributed by atoms with E-state index in [-0.39, 0.29) is 25.2 Å². The van der Waals surface area contributed by atoms with Crippen molar-refractivity contribution in [3.05, 3.63) is 23.8 Å². The number of methoxy groups -OCH3 is 1. The third-order valence-electron chi connectivity index (χ3n) is 3.40. The minimum Gasteiger partial charge on any atom is -0.493 e. The second-order valence-corrected chi connectivity index (χ2v) is 5.48. The molecule has 23 heavy (non-hydrogen) atoms. The number of nitrogens with zero attached hydrogens (tertiary/aromatic N) is 1. The molecule has 1 unspecified atom stereocenters. The molecule has 0 radical (unpaired) electrons. The number of carbonyl (C=O) groups is 2. The number of rotatable bonds is 5. The highest BCUT2D eigenvalue weighted by Crippen LogP contribution is 2.29. The van der Waals surface area contributed by atoms with Crippen LogP contribution in [0.1, 0.15) is 24.2 Å². The smallest absolute Gasteiger partial charge is 0.334 e. The Morgan fingerprint density at radius 2 is 2.09 bits per heavy atom. The molecule has 1 fully saturated rings. The van der Waals surface area contributed by atoms with Crippen molar-refractivity contribution < 1.29 is 28.9 Å². The van der Waals surface area contributed by atoms with Gasteiger partial charge >= 0.3 is 5.97 Å². The molecule has 1 heterocycles. The molecule has 0 aromatic heterocycles. The van der Waals surface area contributed by atoms with Crippen LogP contribution in [-0.4, -0.2) is 60.9 Å². The van der Waals surface area contributed by atoms with Crippen molar-refractivity contribution in [1.29, 1.82) is 0 Å². The summed E-state index contributed by atoms with van der Waals surface area (Å²) in [5, 5.41) is 9.01. The number of hydrogen-bond acceptors (Lipinski definition) is 5. The summed E-state index contributed by atoms with van der Waals surface area (Å²) in [7, 11) is 1.51. The SMILES string of the molecule is COc1cc(C(=O)N2CCOC(C(=O)O)C2)ccc1OC(C)C. The predicted molar refractivity (Wildman–Crippen MR) is 82.0 cm³/mol. The predicted octanol–water partition coefficient (Wildman–Crippen LogP) is 1.41. The molecular weight excluding hydrogens is 302 g/mol. The van der Waals surface area contributed by atoms with Crippen molar-refractivity contribution in [3.8, 4) is 11.5 Å². The van der Waals surface area contributed by atoms with Gasteiger partial charge in [0.15, 0.2) is 17.6 Å². The van der Waals surface area contributed by atoms with Gasteiger partial charge in [0.2, 0.25) is 0 Å². The van der Waals surface area contributed by atoms with Crippen LogP contribution in [0.2, 0.25) is 0 Å². The Balaban J connectivity index is 2.17. The van der Waals surface area contributed by atoms with Crippen molar-refractivity contribution in [2.24, 2.45) is 0 Å². The van der Waals surface area contributed by atoms with Crippen molar-refractivity contribution in [3.63, 3.8) is 0 Å². The number of hydrogen-bond donors (Lipinski definition) is 1. The summed E-state index contributed by atoms with van der Waals surface area (Å²) in [5.74, 6) is -0.299. The highest BCUT2D eigenvalue weighted by Gasteiger charge is 2.29. The van der Waals surface area contributed by atoms with E-state index in [9.17, 15) is 9.59 Å². The van der Waals surface area contributed by atoms with Crippen molar-refractivity contribution in [2.45, 2.75) is 26.1 Å². The summed E-state index contributed by atoms with van der Waals surface area (Å²) in [5.41, 5.74) is 0.420. The first-order valence-corrected chi connectivity index (χ1v) is 7.40. The zero-order valence-corrected chi connectivity index (χ0v) is 13.4. The van der Waals surface area contributed by atoms with Gasteiger partial charge in [-0.25, -0.2) is 4.79 Å². The molecule has 1 aromatic rings. The van der Waals surface area contributed by atoms with Crippen LogP contribution >= 0.6 is 0 Å². The van der Waals surface area contributed by atoms with Gasteiger partial charge < -0.3 is 24.2 Å². The lowest BCUT2D eigenvalue weighted by molar-refractivity contribution is -0.154. The van der Waals surface area contributed by atoms with Gasteiger partial charge in [-0.05, 0) is 32.0 Å². The van der Waals surface area contributed by atoms with E-state index in [4.69, 9.17) is 19.3 Å². The fourth-order valence-corrected chi connectivity index (χ4v) is 2.32. The fourth-order valence-electron chi connectivity index (χ4n) is 2.32. The molecule has 2 rings (SSSR count). The highest BCUT2D eigenvalue weighted by molar-refractivity contribution is 5.95. The molecule has 1 saturated heterocycles. The summed E-state index contributed by atoms with van der Waals surface area (Å²) in [6.07, 6.45) is -1.00. The zero-order valence-electron chi connectivity index (χ0n) is 13.4. The summed E-state index contributed by atoms with van der Waals surface area (Å²) in [4.78, 5) is 25.0. The maximum absolute atomic E-state index is 12.6. The van der Waals surface area contributed by atoms with Crippen LogP contribution in [0.15, 0.2) is 18.2 Å². The number of carboxylic acids is 1. The van der Waals surface area contributed by atoms with Crippen molar-refractivity contribution >= 4 is 11.9 Å². The van der Waals surface area contributed by atoms with Gasteiger partial charge in [-0.1, -0.05) is 0 Å². The lowest BCUT2D eigenvalue weighted by Crippen LogP contribution is -2.48. The molecule has 1 N–H and O–H groups in total. The molecule has 126 valence electrons. The standard InChI is InChI=1S/C16H21NO6/c1-10(2)23-12-5-4-11(8-13(12)21-3)15(18)17-6-7-22-14(9-17)16(19)20/h4-5,8,10,14H,6-7,9H2,1-3H3,(H,19,20). The molecule has 7 heteroatoms. The third kappa shape index (κ3) is 4.13. The highest BCUT2D eigenvalue weighted by atomic mass is 16.5. The maximum Gasteiger partial charge on any atom is 0.334 e. The Morgan fingerprint density at radius 3 is 2.70 bits per heavy atom. The number of carboxylic acid groups (broad SMARTS) is 1. The second-order valence-electron chi connectivity index (χ2n) is 5.48. The van der Waals surface area contributed by atoms with E-state index in [1.807, 2.05) is 13.8 Å². The number of aliphatic carboxylic acids is 1. The van der Waals surface area contributed by atoms with Crippen LogP contribution < -0.4 is 9.47 Å². The van der Waals surface area contributed by atoms with E-state index in [0.717, 1.165) is 0 Å². The van der Waals surface area contributed by atoms with Gasteiger partial charge in [-0.15, -0.1) is 0 Å². The third-order valence-corrected chi connectivity index (χ3v) is 3.40. The average Bonchev–Trinajstić information content (AvgIpc) is 2.54. The van der Waals surface area contributed by atoms with Crippen LogP contribution in [0.4, 0.5) is 0 Å². The van der Waals surface area contributed by atoms with Crippen molar-refractivity contribution in [2.75, 3.05) is 26.8 Å². The zero-order chi connectivity index (χ0) is 17.0. The lowest BCUT2D eigenvalue weighted by Gasteiger charge is -2.31. The van der Waals surface area contributed by atoms with Gasteiger partial charge in [0, 0.05) is 12.1 Å².